The van der Waals surface area contributed by atoms with E-state index in [2.05, 4.69) is 54.8 Å². The summed E-state index contributed by atoms with van der Waals surface area (Å²) in [7, 11) is 0. The Morgan fingerprint density at radius 1 is 1.09 bits per heavy atom. The molecular weight excluding hydrogens is 410 g/mol. The van der Waals surface area contributed by atoms with Crippen molar-refractivity contribution in [1.29, 1.82) is 0 Å². The van der Waals surface area contributed by atoms with Gasteiger partial charge in [0.25, 0.3) is 0 Å². The largest absolute Gasteiger partial charge is 0.368 e. The van der Waals surface area contributed by atoms with Crippen LogP contribution in [-0.4, -0.2) is 36.4 Å². The number of nitrogens with one attached hydrogen (secondary N) is 2. The summed E-state index contributed by atoms with van der Waals surface area (Å²) in [4.78, 5) is 24.4. The number of carbonyl (C=O) groups excluding carboxylic acids is 2. The summed E-state index contributed by atoms with van der Waals surface area (Å²) in [5.41, 5.74) is 7.77. The fraction of sp³-hybridized carbons (Fsp3) is 0.357. The average Bonchev–Trinajstić information content (AvgIpc) is 3.01. The fourth-order valence-electron chi connectivity index (χ4n) is 4.17. The van der Waals surface area contributed by atoms with E-state index in [0.29, 0.717) is 18.9 Å². The second kappa shape index (κ2) is 11.7. The molecule has 0 radical (unpaired) electrons. The van der Waals surface area contributed by atoms with Crippen LogP contribution in [0.1, 0.15) is 32.8 Å². The molecule has 0 fully saturated rings. The van der Waals surface area contributed by atoms with Crippen LogP contribution in [0.3, 0.4) is 0 Å². The number of allylic oxidation sites excluding steroid dienone is 4. The Balaban J connectivity index is 1.58. The first-order chi connectivity index (χ1) is 15.8. The van der Waals surface area contributed by atoms with Crippen LogP contribution in [0.5, 0.6) is 0 Å². The molecule has 174 valence electrons. The van der Waals surface area contributed by atoms with E-state index in [1.165, 1.54) is 0 Å². The molecule has 1 amide bonds. The predicted molar refractivity (Wildman–Crippen MR) is 136 cm³/mol. The Bertz CT molecular complexity index is 1060. The molecule has 2 aromatic rings. The number of nitrogens with two attached hydrogens (primary N) is 1. The van der Waals surface area contributed by atoms with Gasteiger partial charge < -0.3 is 16.4 Å². The van der Waals surface area contributed by atoms with Crippen LogP contribution in [-0.2, 0) is 16.0 Å². The maximum Gasteiger partial charge on any atom is 0.234 e. The van der Waals surface area contributed by atoms with Gasteiger partial charge in [0.05, 0.1) is 12.1 Å². The highest BCUT2D eigenvalue weighted by Crippen LogP contribution is 2.20. The van der Waals surface area contributed by atoms with Crippen molar-refractivity contribution in [3.63, 3.8) is 0 Å². The smallest absolute Gasteiger partial charge is 0.234 e. The van der Waals surface area contributed by atoms with Gasteiger partial charge >= 0.3 is 0 Å². The predicted octanol–water partition coefficient (Wildman–Crippen LogP) is 3.84. The van der Waals surface area contributed by atoms with Crippen molar-refractivity contribution in [2.75, 3.05) is 6.54 Å². The molecule has 0 spiro atoms. The highest BCUT2D eigenvalue weighted by atomic mass is 16.1. The van der Waals surface area contributed by atoms with Gasteiger partial charge in [-0.05, 0) is 61.1 Å². The van der Waals surface area contributed by atoms with Gasteiger partial charge in [-0.1, -0.05) is 79.8 Å². The second-order valence-electron chi connectivity index (χ2n) is 8.92. The molecule has 4 atom stereocenters. The molecule has 0 aromatic heterocycles. The highest BCUT2D eigenvalue weighted by molar-refractivity contribution is 5.87. The first kappa shape index (κ1) is 24.6. The van der Waals surface area contributed by atoms with Crippen molar-refractivity contribution >= 4 is 22.5 Å². The molecular formula is C28H35N3O2. The lowest BCUT2D eigenvalue weighted by atomic mass is 9.98. The number of ketones is 1. The van der Waals surface area contributed by atoms with Crippen LogP contribution < -0.4 is 16.4 Å². The van der Waals surface area contributed by atoms with E-state index in [-0.39, 0.29) is 23.8 Å². The quantitative estimate of drug-likeness (QED) is 0.491. The number of hydrogen-bond donors (Lipinski definition) is 3. The summed E-state index contributed by atoms with van der Waals surface area (Å²) >= 11 is 0. The standard InChI is InChI=1S/C28H35N3O2/c1-19-8-6-11-23(15-14-19)27(21(3)32)31-20(2)16-17-30-26(28(29)33)18-24-12-7-10-22-9-4-5-13-25(22)24/h4-15,19-20,26-27,30-31H,16-18H2,1-3H3,(H2,29,33). The number of carbonyl (C=O) groups is 2. The fourth-order valence-corrected chi connectivity index (χ4v) is 4.17. The van der Waals surface area contributed by atoms with E-state index in [0.717, 1.165) is 28.3 Å². The normalized spacial score (nSPS) is 18.4. The Morgan fingerprint density at radius 3 is 2.61 bits per heavy atom. The van der Waals surface area contributed by atoms with Crippen molar-refractivity contribution in [2.24, 2.45) is 11.7 Å². The zero-order valence-electron chi connectivity index (χ0n) is 19.8. The molecule has 0 saturated heterocycles. The summed E-state index contributed by atoms with van der Waals surface area (Å²) in [5.74, 6) is 0.0693. The third-order valence-electron chi connectivity index (χ3n) is 6.10. The molecule has 1 aliphatic rings. The second-order valence-corrected chi connectivity index (χ2v) is 8.92. The zero-order valence-corrected chi connectivity index (χ0v) is 19.8. The van der Waals surface area contributed by atoms with Gasteiger partial charge in [0.2, 0.25) is 5.91 Å². The lowest BCUT2D eigenvalue weighted by Gasteiger charge is -2.23. The van der Waals surface area contributed by atoms with Gasteiger partial charge in [0, 0.05) is 6.04 Å². The molecule has 4 unspecified atom stereocenters. The highest BCUT2D eigenvalue weighted by Gasteiger charge is 2.21. The lowest BCUT2D eigenvalue weighted by Crippen LogP contribution is -2.46. The van der Waals surface area contributed by atoms with Gasteiger partial charge in [-0.15, -0.1) is 0 Å². The van der Waals surface area contributed by atoms with Gasteiger partial charge in [0.1, 0.15) is 0 Å². The number of amides is 1. The molecule has 5 heteroatoms. The number of benzene rings is 2. The monoisotopic (exact) mass is 445 g/mol. The van der Waals surface area contributed by atoms with Crippen molar-refractivity contribution in [2.45, 2.75) is 51.7 Å². The van der Waals surface area contributed by atoms with Crippen molar-refractivity contribution < 1.29 is 9.59 Å². The van der Waals surface area contributed by atoms with Crippen LogP contribution in [0.25, 0.3) is 10.8 Å². The van der Waals surface area contributed by atoms with Gasteiger partial charge in [-0.3, -0.25) is 9.59 Å². The summed E-state index contributed by atoms with van der Waals surface area (Å²) in [6.07, 6.45) is 11.5. The maximum absolute atomic E-state index is 12.3. The Labute approximate surface area is 196 Å². The molecule has 0 bridgehead atoms. The van der Waals surface area contributed by atoms with Crippen molar-refractivity contribution in [3.8, 4) is 0 Å². The molecule has 33 heavy (non-hydrogen) atoms. The maximum atomic E-state index is 12.3. The van der Waals surface area contributed by atoms with Crippen molar-refractivity contribution in [1.82, 2.24) is 10.6 Å². The number of Topliss-reactive ketones (excluding diaryl/α,β-unsaturated/α-hetero) is 1. The van der Waals surface area contributed by atoms with E-state index >= 15 is 0 Å². The SMILES string of the molecule is CC(=O)C(NC(C)CCNC(Cc1cccc2ccccc12)C(N)=O)C1=CC=CC(C)C=C1. The molecule has 5 nitrogen and oxygen atoms in total. The van der Waals surface area contributed by atoms with Gasteiger partial charge in [0.15, 0.2) is 5.78 Å². The molecule has 0 aliphatic heterocycles. The van der Waals surface area contributed by atoms with Crippen LogP contribution in [0.4, 0.5) is 0 Å². The summed E-state index contributed by atoms with van der Waals surface area (Å²) in [6, 6.07) is 13.6. The summed E-state index contributed by atoms with van der Waals surface area (Å²) in [6.45, 7) is 6.40. The van der Waals surface area contributed by atoms with E-state index < -0.39 is 6.04 Å². The van der Waals surface area contributed by atoms with Gasteiger partial charge in [-0.2, -0.15) is 0 Å². The topological polar surface area (TPSA) is 84.2 Å². The zero-order chi connectivity index (χ0) is 23.8. The van der Waals surface area contributed by atoms with E-state index in [1.807, 2.05) is 42.5 Å². The number of fused-ring (bicyclic) bond motifs is 1. The van der Waals surface area contributed by atoms with Gasteiger partial charge in [-0.25, -0.2) is 0 Å². The van der Waals surface area contributed by atoms with E-state index in [1.54, 1.807) is 6.92 Å². The molecule has 2 aromatic carbocycles. The minimum Gasteiger partial charge on any atom is -0.368 e. The first-order valence-corrected chi connectivity index (χ1v) is 11.7. The molecule has 3 rings (SSSR count). The first-order valence-electron chi connectivity index (χ1n) is 11.7. The van der Waals surface area contributed by atoms with Crippen LogP contribution >= 0.6 is 0 Å². The Morgan fingerprint density at radius 2 is 1.85 bits per heavy atom. The van der Waals surface area contributed by atoms with E-state index in [4.69, 9.17) is 5.73 Å². The molecule has 0 saturated carbocycles. The third kappa shape index (κ3) is 6.98. The molecule has 1 aliphatic carbocycles. The average molecular weight is 446 g/mol. The molecule has 4 N–H and O–H groups in total. The number of primary amides is 1. The van der Waals surface area contributed by atoms with Crippen LogP contribution in [0.2, 0.25) is 0 Å². The Kier molecular flexibility index (Phi) is 8.75. The lowest BCUT2D eigenvalue weighted by molar-refractivity contribution is -0.120. The molecule has 0 heterocycles. The van der Waals surface area contributed by atoms with Crippen molar-refractivity contribution in [3.05, 3.63) is 84.0 Å². The minimum atomic E-state index is -0.453. The minimum absolute atomic E-state index is 0.0800. The number of hydrogen-bond acceptors (Lipinski definition) is 4. The number of rotatable bonds is 11. The summed E-state index contributed by atoms with van der Waals surface area (Å²) in [5, 5.41) is 9.06. The van der Waals surface area contributed by atoms with E-state index in [9.17, 15) is 9.59 Å². The van der Waals surface area contributed by atoms with Crippen LogP contribution in [0, 0.1) is 5.92 Å². The third-order valence-corrected chi connectivity index (χ3v) is 6.10. The summed E-state index contributed by atoms with van der Waals surface area (Å²) < 4.78 is 0. The Hall–Kier alpha value is -3.02. The van der Waals surface area contributed by atoms with Crippen LogP contribution in [0.15, 0.2) is 78.4 Å².